The third-order valence-corrected chi connectivity index (χ3v) is 3.80. The van der Waals surface area contributed by atoms with Gasteiger partial charge in [-0.15, -0.1) is 0 Å². The van der Waals surface area contributed by atoms with Gasteiger partial charge < -0.3 is 15.0 Å². The molecular weight excluding hydrogens is 288 g/mol. The van der Waals surface area contributed by atoms with E-state index in [-0.39, 0.29) is 12.0 Å². The highest BCUT2D eigenvalue weighted by Crippen LogP contribution is 2.23. The molecule has 1 fully saturated rings. The van der Waals surface area contributed by atoms with Gasteiger partial charge in [0.15, 0.2) is 0 Å². The molecular formula is C16H23ClN2O2. The van der Waals surface area contributed by atoms with Crippen molar-refractivity contribution < 1.29 is 9.53 Å². The van der Waals surface area contributed by atoms with E-state index >= 15 is 0 Å². The molecule has 0 spiro atoms. The average molecular weight is 311 g/mol. The lowest BCUT2D eigenvalue weighted by atomic mass is 10.1. The Morgan fingerprint density at radius 1 is 1.43 bits per heavy atom. The van der Waals surface area contributed by atoms with Gasteiger partial charge in [0.1, 0.15) is 6.10 Å². The number of morpholine rings is 1. The molecule has 1 saturated heterocycles. The molecule has 116 valence electrons. The van der Waals surface area contributed by atoms with Crippen LogP contribution in [0.4, 0.5) is 0 Å². The molecule has 1 unspecified atom stereocenters. The molecule has 1 heterocycles. The Bertz CT molecular complexity index is 462. The summed E-state index contributed by atoms with van der Waals surface area (Å²) in [7, 11) is 0. The van der Waals surface area contributed by atoms with Crippen LogP contribution in [0.25, 0.3) is 0 Å². The van der Waals surface area contributed by atoms with Crippen LogP contribution < -0.4 is 5.32 Å². The monoisotopic (exact) mass is 310 g/mol. The molecule has 1 amide bonds. The van der Waals surface area contributed by atoms with Crippen LogP contribution in [0, 0.1) is 0 Å². The van der Waals surface area contributed by atoms with Crippen LogP contribution in [0.3, 0.4) is 0 Å². The molecule has 0 saturated carbocycles. The first-order valence-electron chi connectivity index (χ1n) is 7.44. The first-order valence-corrected chi connectivity index (χ1v) is 7.82. The van der Waals surface area contributed by atoms with Crippen molar-refractivity contribution in [2.24, 2.45) is 0 Å². The highest BCUT2D eigenvalue weighted by molar-refractivity contribution is 6.30. The van der Waals surface area contributed by atoms with Crippen LogP contribution in [0.15, 0.2) is 24.3 Å². The second-order valence-corrected chi connectivity index (χ2v) is 6.05. The van der Waals surface area contributed by atoms with E-state index in [1.165, 1.54) is 0 Å². The van der Waals surface area contributed by atoms with Gasteiger partial charge in [-0.25, -0.2) is 0 Å². The second kappa shape index (κ2) is 7.78. The maximum Gasteiger partial charge on any atom is 0.224 e. The Hall–Kier alpha value is -1.10. The Balaban J connectivity index is 1.88. The molecule has 1 aromatic rings. The van der Waals surface area contributed by atoms with E-state index in [0.717, 1.165) is 12.1 Å². The Morgan fingerprint density at radius 2 is 2.14 bits per heavy atom. The number of carbonyl (C=O) groups excluding carboxylic acids is 1. The molecule has 0 aromatic heterocycles. The molecule has 1 aromatic carbocycles. The van der Waals surface area contributed by atoms with Gasteiger partial charge in [0.2, 0.25) is 5.91 Å². The number of nitrogens with zero attached hydrogens (tertiary/aromatic N) is 1. The number of amides is 1. The first-order chi connectivity index (χ1) is 10.1. The summed E-state index contributed by atoms with van der Waals surface area (Å²) in [4.78, 5) is 14.1. The molecule has 0 bridgehead atoms. The molecule has 0 aliphatic carbocycles. The maximum atomic E-state index is 12.2. The number of hydrogen-bond donors (Lipinski definition) is 1. The van der Waals surface area contributed by atoms with Crippen LogP contribution in [-0.4, -0.2) is 43.1 Å². The van der Waals surface area contributed by atoms with Crippen molar-refractivity contribution >= 4 is 17.5 Å². The molecule has 4 nitrogen and oxygen atoms in total. The van der Waals surface area contributed by atoms with Crippen LogP contribution in [0.2, 0.25) is 5.02 Å². The summed E-state index contributed by atoms with van der Waals surface area (Å²) in [5.41, 5.74) is 1.07. The summed E-state index contributed by atoms with van der Waals surface area (Å²) in [6, 6.07) is 8.04. The summed E-state index contributed by atoms with van der Waals surface area (Å²) < 4.78 is 5.77. The second-order valence-electron chi connectivity index (χ2n) is 5.61. The smallest absolute Gasteiger partial charge is 0.224 e. The van der Waals surface area contributed by atoms with E-state index in [1.54, 1.807) is 0 Å². The molecule has 1 N–H and O–H groups in total. The quantitative estimate of drug-likeness (QED) is 0.909. The van der Waals surface area contributed by atoms with Crippen molar-refractivity contribution in [2.75, 3.05) is 26.2 Å². The van der Waals surface area contributed by atoms with Crippen molar-refractivity contribution in [3.63, 3.8) is 0 Å². The predicted octanol–water partition coefficient (Wildman–Crippen LogP) is 2.63. The third kappa shape index (κ3) is 4.99. The summed E-state index contributed by atoms with van der Waals surface area (Å²) >= 11 is 5.90. The van der Waals surface area contributed by atoms with Gasteiger partial charge in [-0.05, 0) is 17.7 Å². The highest BCUT2D eigenvalue weighted by atomic mass is 35.5. The minimum atomic E-state index is -0.0574. The molecule has 1 aliphatic heterocycles. The van der Waals surface area contributed by atoms with E-state index in [4.69, 9.17) is 16.3 Å². The highest BCUT2D eigenvalue weighted by Gasteiger charge is 2.24. The van der Waals surface area contributed by atoms with E-state index in [1.807, 2.05) is 29.2 Å². The lowest BCUT2D eigenvalue weighted by Crippen LogP contribution is -2.43. The van der Waals surface area contributed by atoms with Gasteiger partial charge in [0.05, 0.1) is 13.2 Å². The molecule has 1 aliphatic rings. The summed E-state index contributed by atoms with van der Waals surface area (Å²) in [6.07, 6.45) is 0.476. The maximum absolute atomic E-state index is 12.2. The average Bonchev–Trinajstić information content (AvgIpc) is 2.47. The van der Waals surface area contributed by atoms with Crippen molar-refractivity contribution in [3.05, 3.63) is 34.9 Å². The zero-order valence-electron chi connectivity index (χ0n) is 12.6. The van der Waals surface area contributed by atoms with E-state index < -0.39 is 0 Å². The summed E-state index contributed by atoms with van der Waals surface area (Å²) in [5, 5.41) is 3.98. The molecule has 2 rings (SSSR count). The van der Waals surface area contributed by atoms with Crippen LogP contribution in [0.1, 0.15) is 31.9 Å². The number of carbonyl (C=O) groups is 1. The number of ether oxygens (including phenoxy) is 1. The zero-order valence-corrected chi connectivity index (χ0v) is 13.4. The van der Waals surface area contributed by atoms with E-state index in [2.05, 4.69) is 19.2 Å². The van der Waals surface area contributed by atoms with E-state index in [9.17, 15) is 4.79 Å². The molecule has 21 heavy (non-hydrogen) atoms. The minimum Gasteiger partial charge on any atom is -0.370 e. The summed E-state index contributed by atoms with van der Waals surface area (Å²) in [6.45, 7) is 6.74. The fraction of sp³-hybridized carbons (Fsp3) is 0.562. The summed E-state index contributed by atoms with van der Waals surface area (Å²) in [5.74, 6) is 0.186. The third-order valence-electron chi connectivity index (χ3n) is 3.55. The van der Waals surface area contributed by atoms with E-state index in [0.29, 0.717) is 37.2 Å². The number of benzene rings is 1. The Morgan fingerprint density at radius 3 is 2.81 bits per heavy atom. The normalized spacial score (nSPS) is 19.0. The van der Waals surface area contributed by atoms with Gasteiger partial charge in [-0.1, -0.05) is 37.6 Å². The van der Waals surface area contributed by atoms with Crippen LogP contribution in [-0.2, 0) is 9.53 Å². The molecule has 1 atom stereocenters. The topological polar surface area (TPSA) is 41.6 Å². The fourth-order valence-electron chi connectivity index (χ4n) is 2.38. The minimum absolute atomic E-state index is 0.0574. The van der Waals surface area contributed by atoms with Crippen molar-refractivity contribution in [3.8, 4) is 0 Å². The number of hydrogen-bond acceptors (Lipinski definition) is 3. The lowest BCUT2D eigenvalue weighted by molar-refractivity contribution is -0.138. The largest absolute Gasteiger partial charge is 0.370 e. The van der Waals surface area contributed by atoms with Gasteiger partial charge in [-0.3, -0.25) is 4.79 Å². The van der Waals surface area contributed by atoms with Crippen LogP contribution >= 0.6 is 11.6 Å². The van der Waals surface area contributed by atoms with Gasteiger partial charge in [-0.2, -0.15) is 0 Å². The first kappa shape index (κ1) is 16.3. The number of nitrogens with one attached hydrogen (secondary N) is 1. The fourth-order valence-corrected chi connectivity index (χ4v) is 2.51. The number of rotatable bonds is 5. The lowest BCUT2D eigenvalue weighted by Gasteiger charge is -2.33. The van der Waals surface area contributed by atoms with Crippen molar-refractivity contribution in [1.29, 1.82) is 0 Å². The van der Waals surface area contributed by atoms with Crippen molar-refractivity contribution in [2.45, 2.75) is 32.4 Å². The Kier molecular flexibility index (Phi) is 6.03. The Labute approximate surface area is 131 Å². The zero-order chi connectivity index (χ0) is 15.2. The van der Waals surface area contributed by atoms with Gasteiger partial charge in [0.25, 0.3) is 0 Å². The van der Waals surface area contributed by atoms with Gasteiger partial charge in [0, 0.05) is 30.6 Å². The standard InChI is InChI=1S/C16H23ClN2O2/c1-12(2)18-8-7-16(20)19-9-10-21-15(11-19)13-3-5-14(17)6-4-13/h3-6,12,15,18H,7-11H2,1-2H3. The van der Waals surface area contributed by atoms with Gasteiger partial charge >= 0.3 is 0 Å². The van der Waals surface area contributed by atoms with Crippen LogP contribution in [0.5, 0.6) is 0 Å². The molecule has 0 radical (unpaired) electrons. The number of halogens is 1. The molecule has 5 heteroatoms. The van der Waals surface area contributed by atoms with Crippen molar-refractivity contribution in [1.82, 2.24) is 10.2 Å². The predicted molar refractivity (Wildman–Crippen MR) is 84.5 cm³/mol. The SMILES string of the molecule is CC(C)NCCC(=O)N1CCOC(c2ccc(Cl)cc2)C1.